The van der Waals surface area contributed by atoms with Crippen LogP contribution in [0.15, 0.2) is 18.2 Å². The first kappa shape index (κ1) is 13.8. The minimum atomic E-state index is -0.322. The van der Waals surface area contributed by atoms with E-state index in [0.717, 1.165) is 37.9 Å². The molecule has 1 aromatic rings. The maximum absolute atomic E-state index is 11.0. The molecule has 1 unspecified atom stereocenters. The zero-order chi connectivity index (χ0) is 13.8. The van der Waals surface area contributed by atoms with Crippen LogP contribution in [-0.4, -0.2) is 29.2 Å². The lowest BCUT2D eigenvalue weighted by molar-refractivity contribution is -0.385. The second-order valence-electron chi connectivity index (χ2n) is 5.08. The van der Waals surface area contributed by atoms with E-state index in [-0.39, 0.29) is 17.2 Å². The van der Waals surface area contributed by atoms with Crippen LogP contribution >= 0.6 is 0 Å². The Hall–Kier alpha value is -1.62. The van der Waals surface area contributed by atoms with E-state index >= 15 is 0 Å². The van der Waals surface area contributed by atoms with Crippen LogP contribution in [0.5, 0.6) is 0 Å². The SMILES string of the molecule is Cc1ccc(N2CCCC2CCCO)cc1[N+](=O)[O-]. The quantitative estimate of drug-likeness (QED) is 0.656. The van der Waals surface area contributed by atoms with Gasteiger partial charge in [-0.05, 0) is 38.7 Å². The number of rotatable bonds is 5. The molecule has 0 aliphatic carbocycles. The summed E-state index contributed by atoms with van der Waals surface area (Å²) in [5, 5.41) is 19.9. The minimum Gasteiger partial charge on any atom is -0.396 e. The topological polar surface area (TPSA) is 66.6 Å². The molecule has 1 atom stereocenters. The molecule has 1 saturated heterocycles. The molecule has 104 valence electrons. The van der Waals surface area contributed by atoms with E-state index in [0.29, 0.717) is 11.6 Å². The fraction of sp³-hybridized carbons (Fsp3) is 0.571. The van der Waals surface area contributed by atoms with Gasteiger partial charge in [0.2, 0.25) is 0 Å². The average Bonchev–Trinajstić information content (AvgIpc) is 2.85. The highest BCUT2D eigenvalue weighted by molar-refractivity contribution is 5.57. The van der Waals surface area contributed by atoms with Crippen LogP contribution in [0.2, 0.25) is 0 Å². The Bertz CT molecular complexity index is 462. The number of aliphatic hydroxyl groups is 1. The first-order valence-electron chi connectivity index (χ1n) is 6.76. The number of nitro groups is 1. The lowest BCUT2D eigenvalue weighted by Crippen LogP contribution is -2.29. The van der Waals surface area contributed by atoms with Crippen molar-refractivity contribution in [3.05, 3.63) is 33.9 Å². The van der Waals surface area contributed by atoms with Crippen molar-refractivity contribution in [2.24, 2.45) is 0 Å². The number of benzene rings is 1. The van der Waals surface area contributed by atoms with Gasteiger partial charge in [-0.15, -0.1) is 0 Å². The molecule has 1 aromatic carbocycles. The molecule has 0 radical (unpaired) electrons. The van der Waals surface area contributed by atoms with Gasteiger partial charge in [0.15, 0.2) is 0 Å². The predicted molar refractivity (Wildman–Crippen MR) is 74.5 cm³/mol. The second kappa shape index (κ2) is 6.02. The number of anilines is 1. The first-order chi connectivity index (χ1) is 9.13. The van der Waals surface area contributed by atoms with Crippen molar-refractivity contribution in [3.8, 4) is 0 Å². The Kier molecular flexibility index (Phi) is 4.37. The smallest absolute Gasteiger partial charge is 0.274 e. The Labute approximate surface area is 113 Å². The summed E-state index contributed by atoms with van der Waals surface area (Å²) in [4.78, 5) is 12.9. The van der Waals surface area contributed by atoms with Crippen LogP contribution < -0.4 is 4.90 Å². The van der Waals surface area contributed by atoms with Crippen molar-refractivity contribution in [1.29, 1.82) is 0 Å². The van der Waals surface area contributed by atoms with Gasteiger partial charge in [0.1, 0.15) is 0 Å². The van der Waals surface area contributed by atoms with E-state index in [1.54, 1.807) is 13.0 Å². The molecule has 0 saturated carbocycles. The van der Waals surface area contributed by atoms with Gasteiger partial charge in [-0.1, -0.05) is 6.07 Å². The normalized spacial score (nSPS) is 18.8. The van der Waals surface area contributed by atoms with E-state index in [1.807, 2.05) is 12.1 Å². The number of hydrogen-bond acceptors (Lipinski definition) is 4. The molecule has 0 aromatic heterocycles. The van der Waals surface area contributed by atoms with Gasteiger partial charge in [0.05, 0.1) is 4.92 Å². The molecule has 5 heteroatoms. The summed E-state index contributed by atoms with van der Waals surface area (Å²) in [6.45, 7) is 2.91. The molecule has 1 aliphatic heterocycles. The molecule has 0 bridgehead atoms. The van der Waals surface area contributed by atoms with Gasteiger partial charge < -0.3 is 10.0 Å². The highest BCUT2D eigenvalue weighted by Crippen LogP contribution is 2.31. The maximum Gasteiger partial charge on any atom is 0.274 e. The van der Waals surface area contributed by atoms with Crippen molar-refractivity contribution in [2.75, 3.05) is 18.1 Å². The average molecular weight is 264 g/mol. The van der Waals surface area contributed by atoms with Gasteiger partial charge in [0, 0.05) is 36.5 Å². The molecule has 5 nitrogen and oxygen atoms in total. The molecular formula is C14H20N2O3. The summed E-state index contributed by atoms with van der Waals surface area (Å²) in [5.41, 5.74) is 1.81. The van der Waals surface area contributed by atoms with Crippen LogP contribution in [0.4, 0.5) is 11.4 Å². The van der Waals surface area contributed by atoms with E-state index < -0.39 is 0 Å². The largest absolute Gasteiger partial charge is 0.396 e. The highest BCUT2D eigenvalue weighted by atomic mass is 16.6. The Balaban J connectivity index is 2.20. The summed E-state index contributed by atoms with van der Waals surface area (Å²) < 4.78 is 0. The minimum absolute atomic E-state index is 0.185. The van der Waals surface area contributed by atoms with Crippen molar-refractivity contribution in [3.63, 3.8) is 0 Å². The Morgan fingerprint density at radius 3 is 3.00 bits per heavy atom. The summed E-state index contributed by atoms with van der Waals surface area (Å²) >= 11 is 0. The van der Waals surface area contributed by atoms with E-state index in [9.17, 15) is 10.1 Å². The molecule has 0 spiro atoms. The third-order valence-electron chi connectivity index (χ3n) is 3.79. The van der Waals surface area contributed by atoms with Gasteiger partial charge in [-0.2, -0.15) is 0 Å². The number of aliphatic hydroxyl groups excluding tert-OH is 1. The highest BCUT2D eigenvalue weighted by Gasteiger charge is 2.25. The summed E-state index contributed by atoms with van der Waals surface area (Å²) in [6, 6.07) is 5.84. The van der Waals surface area contributed by atoms with Crippen molar-refractivity contribution in [2.45, 2.75) is 38.6 Å². The molecule has 1 heterocycles. The first-order valence-corrected chi connectivity index (χ1v) is 6.76. The third kappa shape index (κ3) is 3.04. The zero-order valence-corrected chi connectivity index (χ0v) is 11.2. The van der Waals surface area contributed by atoms with Crippen LogP contribution in [0.3, 0.4) is 0 Å². The Morgan fingerprint density at radius 1 is 1.53 bits per heavy atom. The van der Waals surface area contributed by atoms with Gasteiger partial charge >= 0.3 is 0 Å². The number of hydrogen-bond donors (Lipinski definition) is 1. The third-order valence-corrected chi connectivity index (χ3v) is 3.79. The predicted octanol–water partition coefficient (Wildman–Crippen LogP) is 2.64. The summed E-state index contributed by atoms with van der Waals surface area (Å²) in [7, 11) is 0. The van der Waals surface area contributed by atoms with Crippen LogP contribution in [0.25, 0.3) is 0 Å². The number of nitrogens with zero attached hydrogens (tertiary/aromatic N) is 2. The standard InChI is InChI=1S/C14H20N2O3/c1-11-6-7-13(10-14(11)16(18)19)15-8-2-4-12(15)5-3-9-17/h6-7,10,12,17H,2-5,8-9H2,1H3. The molecule has 1 fully saturated rings. The lowest BCUT2D eigenvalue weighted by atomic mass is 10.1. The van der Waals surface area contributed by atoms with Crippen molar-refractivity contribution < 1.29 is 10.0 Å². The van der Waals surface area contributed by atoms with E-state index in [1.165, 1.54) is 0 Å². The summed E-state index contributed by atoms with van der Waals surface area (Å²) in [6.07, 6.45) is 3.94. The maximum atomic E-state index is 11.0. The molecule has 0 amide bonds. The summed E-state index contributed by atoms with van der Waals surface area (Å²) in [5.74, 6) is 0. The Morgan fingerprint density at radius 2 is 2.32 bits per heavy atom. The molecule has 19 heavy (non-hydrogen) atoms. The zero-order valence-electron chi connectivity index (χ0n) is 11.2. The van der Waals surface area contributed by atoms with Gasteiger partial charge in [-0.25, -0.2) is 0 Å². The van der Waals surface area contributed by atoms with Gasteiger partial charge in [-0.3, -0.25) is 10.1 Å². The van der Waals surface area contributed by atoms with Crippen LogP contribution in [0.1, 0.15) is 31.2 Å². The van der Waals surface area contributed by atoms with Gasteiger partial charge in [0.25, 0.3) is 5.69 Å². The van der Waals surface area contributed by atoms with Crippen molar-refractivity contribution in [1.82, 2.24) is 0 Å². The van der Waals surface area contributed by atoms with Crippen LogP contribution in [-0.2, 0) is 0 Å². The van der Waals surface area contributed by atoms with Crippen molar-refractivity contribution >= 4 is 11.4 Å². The number of aryl methyl sites for hydroxylation is 1. The molecule has 1 aliphatic rings. The van der Waals surface area contributed by atoms with E-state index in [4.69, 9.17) is 5.11 Å². The molecular weight excluding hydrogens is 244 g/mol. The monoisotopic (exact) mass is 264 g/mol. The lowest BCUT2D eigenvalue weighted by Gasteiger charge is -2.26. The van der Waals surface area contributed by atoms with Crippen LogP contribution in [0, 0.1) is 17.0 Å². The molecule has 2 rings (SSSR count). The van der Waals surface area contributed by atoms with E-state index in [2.05, 4.69) is 4.90 Å². The second-order valence-corrected chi connectivity index (χ2v) is 5.08. The number of nitro benzene ring substituents is 1. The fourth-order valence-corrected chi connectivity index (χ4v) is 2.78. The molecule has 1 N–H and O–H groups in total. The fourth-order valence-electron chi connectivity index (χ4n) is 2.78.